The van der Waals surface area contributed by atoms with Gasteiger partial charge in [-0.1, -0.05) is 23.8 Å². The van der Waals surface area contributed by atoms with Crippen molar-refractivity contribution in [2.75, 3.05) is 12.4 Å². The molecule has 0 unspecified atom stereocenters. The molecule has 3 nitrogen and oxygen atoms in total. The van der Waals surface area contributed by atoms with Crippen LogP contribution < -0.4 is 10.6 Å². The maximum atomic E-state index is 12.1. The average Bonchev–Trinajstić information content (AvgIpc) is 2.46. The van der Waals surface area contributed by atoms with Crippen molar-refractivity contribution in [1.29, 1.82) is 0 Å². The third-order valence-corrected chi connectivity index (χ3v) is 3.37. The summed E-state index contributed by atoms with van der Waals surface area (Å²) in [7, 11) is 1.86. The quantitative estimate of drug-likeness (QED) is 0.893. The predicted octanol–water partition coefficient (Wildman–Crippen LogP) is 3.28. The third kappa shape index (κ3) is 3.38. The van der Waals surface area contributed by atoms with Crippen molar-refractivity contribution < 1.29 is 4.79 Å². The van der Waals surface area contributed by atoms with E-state index in [1.165, 1.54) is 11.1 Å². The number of nitrogens with one attached hydrogen (secondary N) is 2. The van der Waals surface area contributed by atoms with Crippen LogP contribution in [0.5, 0.6) is 0 Å². The van der Waals surface area contributed by atoms with Crippen molar-refractivity contribution in [3.8, 4) is 0 Å². The molecular formula is C17H20N2O. The molecule has 3 heteroatoms. The van der Waals surface area contributed by atoms with E-state index in [2.05, 4.69) is 42.7 Å². The highest BCUT2D eigenvalue weighted by Gasteiger charge is 2.06. The van der Waals surface area contributed by atoms with Crippen molar-refractivity contribution in [3.63, 3.8) is 0 Å². The van der Waals surface area contributed by atoms with Crippen LogP contribution in [0, 0.1) is 13.8 Å². The summed E-state index contributed by atoms with van der Waals surface area (Å²) in [5.74, 6) is -0.0485. The lowest BCUT2D eigenvalue weighted by atomic mass is 10.1. The van der Waals surface area contributed by atoms with Crippen LogP contribution in [0.15, 0.2) is 42.5 Å². The van der Waals surface area contributed by atoms with E-state index in [1.54, 1.807) is 0 Å². The molecule has 0 radical (unpaired) electrons. The summed E-state index contributed by atoms with van der Waals surface area (Å²) in [6.45, 7) is 4.69. The Morgan fingerprint density at radius 3 is 2.35 bits per heavy atom. The summed E-state index contributed by atoms with van der Waals surface area (Å²) in [5, 5.41) is 5.99. The number of anilines is 1. The van der Waals surface area contributed by atoms with E-state index < -0.39 is 0 Å². The standard InChI is InChI=1S/C17H20N2O/c1-12-4-5-15(13(2)10-12)11-19-17(20)14-6-8-16(18-3)9-7-14/h4-10,18H,11H2,1-3H3,(H,19,20). The summed E-state index contributed by atoms with van der Waals surface area (Å²) in [6.07, 6.45) is 0. The molecule has 0 aliphatic carbocycles. The lowest BCUT2D eigenvalue weighted by Crippen LogP contribution is -2.23. The van der Waals surface area contributed by atoms with Gasteiger partial charge in [0.15, 0.2) is 0 Å². The minimum absolute atomic E-state index is 0.0485. The van der Waals surface area contributed by atoms with E-state index in [-0.39, 0.29) is 5.91 Å². The number of hydrogen-bond acceptors (Lipinski definition) is 2. The minimum Gasteiger partial charge on any atom is -0.388 e. The van der Waals surface area contributed by atoms with E-state index in [9.17, 15) is 4.79 Å². The first-order valence-corrected chi connectivity index (χ1v) is 6.72. The highest BCUT2D eigenvalue weighted by molar-refractivity contribution is 5.94. The fourth-order valence-corrected chi connectivity index (χ4v) is 2.11. The second kappa shape index (κ2) is 6.24. The van der Waals surface area contributed by atoms with Crippen LogP contribution in [0.25, 0.3) is 0 Å². The van der Waals surface area contributed by atoms with Crippen LogP contribution >= 0.6 is 0 Å². The molecule has 0 heterocycles. The lowest BCUT2D eigenvalue weighted by molar-refractivity contribution is 0.0951. The Morgan fingerprint density at radius 1 is 1.05 bits per heavy atom. The van der Waals surface area contributed by atoms with Gasteiger partial charge < -0.3 is 10.6 Å². The molecule has 104 valence electrons. The molecule has 1 amide bonds. The monoisotopic (exact) mass is 268 g/mol. The Labute approximate surface area is 120 Å². The highest BCUT2D eigenvalue weighted by Crippen LogP contribution is 2.11. The molecule has 0 spiro atoms. The second-order valence-corrected chi connectivity index (χ2v) is 4.94. The Hall–Kier alpha value is -2.29. The van der Waals surface area contributed by atoms with Gasteiger partial charge in [0.1, 0.15) is 0 Å². The zero-order chi connectivity index (χ0) is 14.5. The SMILES string of the molecule is CNc1ccc(C(=O)NCc2ccc(C)cc2C)cc1. The van der Waals surface area contributed by atoms with E-state index in [0.717, 1.165) is 11.3 Å². The molecule has 0 aromatic heterocycles. The lowest BCUT2D eigenvalue weighted by Gasteiger charge is -2.09. The van der Waals surface area contributed by atoms with Crippen LogP contribution in [0.4, 0.5) is 5.69 Å². The Bertz CT molecular complexity index is 603. The minimum atomic E-state index is -0.0485. The smallest absolute Gasteiger partial charge is 0.251 e. The molecule has 0 aliphatic heterocycles. The van der Waals surface area contributed by atoms with Crippen LogP contribution in [0.3, 0.4) is 0 Å². The van der Waals surface area contributed by atoms with Crippen molar-refractivity contribution in [3.05, 3.63) is 64.7 Å². The number of amides is 1. The average molecular weight is 268 g/mol. The molecule has 0 aliphatic rings. The van der Waals surface area contributed by atoms with E-state index in [4.69, 9.17) is 0 Å². The maximum absolute atomic E-state index is 12.1. The number of carbonyl (C=O) groups excluding carboxylic acids is 1. The number of benzene rings is 2. The van der Waals surface area contributed by atoms with Crippen LogP contribution in [0.2, 0.25) is 0 Å². The van der Waals surface area contributed by atoms with Crippen molar-refractivity contribution in [1.82, 2.24) is 5.32 Å². The molecule has 2 rings (SSSR count). The van der Waals surface area contributed by atoms with Gasteiger partial charge in [-0.3, -0.25) is 4.79 Å². The topological polar surface area (TPSA) is 41.1 Å². The van der Waals surface area contributed by atoms with E-state index in [0.29, 0.717) is 12.1 Å². The van der Waals surface area contributed by atoms with Crippen molar-refractivity contribution in [2.24, 2.45) is 0 Å². The van der Waals surface area contributed by atoms with Crippen LogP contribution in [-0.4, -0.2) is 13.0 Å². The van der Waals surface area contributed by atoms with Gasteiger partial charge in [-0.15, -0.1) is 0 Å². The third-order valence-electron chi connectivity index (χ3n) is 3.37. The summed E-state index contributed by atoms with van der Waals surface area (Å²) in [4.78, 5) is 12.1. The fraction of sp³-hybridized carbons (Fsp3) is 0.235. The molecule has 2 N–H and O–H groups in total. The first kappa shape index (κ1) is 14.1. The summed E-state index contributed by atoms with van der Waals surface area (Å²) < 4.78 is 0. The van der Waals surface area contributed by atoms with Crippen LogP contribution in [-0.2, 0) is 6.54 Å². The van der Waals surface area contributed by atoms with E-state index in [1.807, 2.05) is 31.3 Å². The number of aryl methyl sites for hydroxylation is 2. The fourth-order valence-electron chi connectivity index (χ4n) is 2.11. The Morgan fingerprint density at radius 2 is 1.75 bits per heavy atom. The van der Waals surface area contributed by atoms with Crippen molar-refractivity contribution >= 4 is 11.6 Å². The molecule has 2 aromatic carbocycles. The van der Waals surface area contributed by atoms with Crippen molar-refractivity contribution in [2.45, 2.75) is 20.4 Å². The van der Waals surface area contributed by atoms with Gasteiger partial charge in [-0.25, -0.2) is 0 Å². The number of rotatable bonds is 4. The first-order chi connectivity index (χ1) is 9.60. The second-order valence-electron chi connectivity index (χ2n) is 4.94. The van der Waals surface area contributed by atoms with E-state index >= 15 is 0 Å². The van der Waals surface area contributed by atoms with Gasteiger partial charge >= 0.3 is 0 Å². The van der Waals surface area contributed by atoms with Gasteiger partial charge in [0.25, 0.3) is 5.91 Å². The molecule has 2 aromatic rings. The number of hydrogen-bond donors (Lipinski definition) is 2. The molecule has 0 bridgehead atoms. The predicted molar refractivity (Wildman–Crippen MR) is 83.1 cm³/mol. The van der Waals surface area contributed by atoms with Gasteiger partial charge in [0.2, 0.25) is 0 Å². The zero-order valence-electron chi connectivity index (χ0n) is 12.2. The molecule has 0 fully saturated rings. The summed E-state index contributed by atoms with van der Waals surface area (Å²) in [5.41, 5.74) is 5.26. The van der Waals surface area contributed by atoms with Gasteiger partial charge in [0.05, 0.1) is 0 Å². The molecule has 0 saturated heterocycles. The van der Waals surface area contributed by atoms with Gasteiger partial charge in [0, 0.05) is 24.8 Å². The molecule has 0 saturated carbocycles. The normalized spacial score (nSPS) is 10.2. The Kier molecular flexibility index (Phi) is 4.41. The summed E-state index contributed by atoms with van der Waals surface area (Å²) in [6, 6.07) is 13.7. The highest BCUT2D eigenvalue weighted by atomic mass is 16.1. The zero-order valence-corrected chi connectivity index (χ0v) is 12.2. The molecular weight excluding hydrogens is 248 g/mol. The largest absolute Gasteiger partial charge is 0.388 e. The maximum Gasteiger partial charge on any atom is 0.251 e. The molecule has 0 atom stereocenters. The number of carbonyl (C=O) groups is 1. The first-order valence-electron chi connectivity index (χ1n) is 6.72. The van der Waals surface area contributed by atoms with Crippen LogP contribution in [0.1, 0.15) is 27.0 Å². The summed E-state index contributed by atoms with van der Waals surface area (Å²) >= 11 is 0. The van der Waals surface area contributed by atoms with Gasteiger partial charge in [-0.2, -0.15) is 0 Å². The van der Waals surface area contributed by atoms with Gasteiger partial charge in [-0.05, 0) is 49.2 Å². The molecule has 20 heavy (non-hydrogen) atoms. The Balaban J connectivity index is 2.00.